The summed E-state index contributed by atoms with van der Waals surface area (Å²) in [7, 11) is 0. The molecule has 17 heavy (non-hydrogen) atoms. The van der Waals surface area contributed by atoms with Crippen LogP contribution in [-0.2, 0) is 0 Å². The van der Waals surface area contributed by atoms with E-state index in [0.29, 0.717) is 10.0 Å². The molecule has 2 aromatic carbocycles. The van der Waals surface area contributed by atoms with Gasteiger partial charge in [-0.15, -0.1) is 0 Å². The van der Waals surface area contributed by atoms with Crippen molar-refractivity contribution >= 4 is 51.3 Å². The largest absolute Gasteiger partial charge is 0.0836 e. The molecule has 0 saturated carbocycles. The second-order valence-corrected chi connectivity index (χ2v) is 5.25. The minimum absolute atomic E-state index is 0.656. The van der Waals surface area contributed by atoms with Crippen LogP contribution in [0.15, 0.2) is 46.9 Å². The quantitative estimate of drug-likeness (QED) is 0.600. The van der Waals surface area contributed by atoms with E-state index in [1.54, 1.807) is 0 Å². The van der Waals surface area contributed by atoms with Gasteiger partial charge in [0.2, 0.25) is 0 Å². The SMILES string of the molecule is Clc1cccc(Cl)c1/C=C/c1cccc(Br)c1. The molecule has 0 nitrogen and oxygen atoms in total. The molecule has 0 aliphatic carbocycles. The lowest BCUT2D eigenvalue weighted by Crippen LogP contribution is -1.77. The minimum Gasteiger partial charge on any atom is -0.0836 e. The molecule has 0 aliphatic rings. The zero-order chi connectivity index (χ0) is 12.3. The van der Waals surface area contributed by atoms with Gasteiger partial charge in [-0.25, -0.2) is 0 Å². The molecule has 2 aromatic rings. The van der Waals surface area contributed by atoms with E-state index in [-0.39, 0.29) is 0 Å². The van der Waals surface area contributed by atoms with E-state index >= 15 is 0 Å². The third-order valence-electron chi connectivity index (χ3n) is 2.29. The molecule has 0 N–H and O–H groups in total. The Morgan fingerprint density at radius 3 is 2.18 bits per heavy atom. The fourth-order valence-electron chi connectivity index (χ4n) is 1.46. The lowest BCUT2D eigenvalue weighted by atomic mass is 10.1. The van der Waals surface area contributed by atoms with Gasteiger partial charge in [0, 0.05) is 20.1 Å². The van der Waals surface area contributed by atoms with Crippen molar-refractivity contribution in [2.24, 2.45) is 0 Å². The van der Waals surface area contributed by atoms with Crippen LogP contribution in [0.25, 0.3) is 12.2 Å². The Balaban J connectivity index is 2.32. The molecule has 0 heterocycles. The van der Waals surface area contributed by atoms with E-state index in [4.69, 9.17) is 23.2 Å². The molecule has 0 aromatic heterocycles. The molecular formula is C14H9BrCl2. The van der Waals surface area contributed by atoms with Crippen LogP contribution in [-0.4, -0.2) is 0 Å². The average molecular weight is 328 g/mol. The molecule has 0 spiro atoms. The summed E-state index contributed by atoms with van der Waals surface area (Å²) in [6.07, 6.45) is 3.91. The van der Waals surface area contributed by atoms with Crippen molar-refractivity contribution in [3.63, 3.8) is 0 Å². The number of rotatable bonds is 2. The van der Waals surface area contributed by atoms with Crippen LogP contribution in [0.1, 0.15) is 11.1 Å². The molecule has 0 radical (unpaired) electrons. The van der Waals surface area contributed by atoms with Crippen molar-refractivity contribution in [1.82, 2.24) is 0 Å². The van der Waals surface area contributed by atoms with E-state index in [9.17, 15) is 0 Å². The molecule has 86 valence electrons. The van der Waals surface area contributed by atoms with Crippen LogP contribution in [0.4, 0.5) is 0 Å². The van der Waals surface area contributed by atoms with Gasteiger partial charge in [0.15, 0.2) is 0 Å². The summed E-state index contributed by atoms with van der Waals surface area (Å²) in [5.41, 5.74) is 1.94. The highest BCUT2D eigenvalue weighted by molar-refractivity contribution is 9.10. The Labute approximate surface area is 119 Å². The van der Waals surface area contributed by atoms with Crippen molar-refractivity contribution in [1.29, 1.82) is 0 Å². The molecule has 0 amide bonds. The standard InChI is InChI=1S/C14H9BrCl2/c15-11-4-1-3-10(9-11)7-8-12-13(16)5-2-6-14(12)17/h1-9H/b8-7+. The van der Waals surface area contributed by atoms with Crippen LogP contribution in [0, 0.1) is 0 Å². The third-order valence-corrected chi connectivity index (χ3v) is 3.44. The zero-order valence-corrected chi connectivity index (χ0v) is 11.9. The maximum absolute atomic E-state index is 6.08. The van der Waals surface area contributed by atoms with Gasteiger partial charge >= 0.3 is 0 Å². The molecule has 0 atom stereocenters. The monoisotopic (exact) mass is 326 g/mol. The Kier molecular flexibility index (Phi) is 4.27. The predicted octanol–water partition coefficient (Wildman–Crippen LogP) is 5.93. The van der Waals surface area contributed by atoms with Crippen molar-refractivity contribution in [3.05, 3.63) is 68.1 Å². The average Bonchev–Trinajstić information content (AvgIpc) is 2.28. The number of halogens is 3. The summed E-state index contributed by atoms with van der Waals surface area (Å²) < 4.78 is 1.05. The molecule has 0 unspecified atom stereocenters. The highest BCUT2D eigenvalue weighted by Crippen LogP contribution is 2.26. The summed E-state index contributed by atoms with van der Waals surface area (Å²) in [6, 6.07) is 13.5. The fourth-order valence-corrected chi connectivity index (χ4v) is 2.40. The first-order valence-corrected chi connectivity index (χ1v) is 6.59. The maximum atomic E-state index is 6.08. The zero-order valence-electron chi connectivity index (χ0n) is 8.83. The highest BCUT2D eigenvalue weighted by atomic mass is 79.9. The van der Waals surface area contributed by atoms with E-state index in [0.717, 1.165) is 15.6 Å². The molecule has 3 heteroatoms. The summed E-state index contributed by atoms with van der Waals surface area (Å²) in [6.45, 7) is 0. The van der Waals surface area contributed by atoms with E-state index in [2.05, 4.69) is 15.9 Å². The topological polar surface area (TPSA) is 0 Å². The van der Waals surface area contributed by atoms with Crippen molar-refractivity contribution in [3.8, 4) is 0 Å². The van der Waals surface area contributed by atoms with Gasteiger partial charge in [-0.3, -0.25) is 0 Å². The number of hydrogen-bond donors (Lipinski definition) is 0. The first kappa shape index (κ1) is 12.7. The Bertz CT molecular complexity index is 542. The Morgan fingerprint density at radius 2 is 1.53 bits per heavy atom. The molecule has 0 aliphatic heterocycles. The van der Waals surface area contributed by atoms with Gasteiger partial charge in [-0.2, -0.15) is 0 Å². The first-order valence-electron chi connectivity index (χ1n) is 5.04. The van der Waals surface area contributed by atoms with Crippen molar-refractivity contribution < 1.29 is 0 Å². The summed E-state index contributed by atoms with van der Waals surface area (Å²) in [5, 5.41) is 1.31. The van der Waals surface area contributed by atoms with Crippen LogP contribution < -0.4 is 0 Å². The van der Waals surface area contributed by atoms with Gasteiger partial charge < -0.3 is 0 Å². The second-order valence-electron chi connectivity index (χ2n) is 3.52. The van der Waals surface area contributed by atoms with Gasteiger partial charge in [0.25, 0.3) is 0 Å². The number of benzene rings is 2. The first-order chi connectivity index (χ1) is 8.16. The Morgan fingerprint density at radius 1 is 0.882 bits per heavy atom. The van der Waals surface area contributed by atoms with E-state index in [1.807, 2.05) is 54.6 Å². The van der Waals surface area contributed by atoms with E-state index < -0.39 is 0 Å². The van der Waals surface area contributed by atoms with Crippen LogP contribution in [0.2, 0.25) is 10.0 Å². The van der Waals surface area contributed by atoms with Gasteiger partial charge in [-0.1, -0.05) is 69.5 Å². The normalized spacial score (nSPS) is 11.0. The lowest BCUT2D eigenvalue weighted by molar-refractivity contribution is 1.61. The van der Waals surface area contributed by atoms with Crippen molar-refractivity contribution in [2.75, 3.05) is 0 Å². The summed E-state index contributed by atoms with van der Waals surface area (Å²) >= 11 is 15.6. The molecule has 0 saturated heterocycles. The van der Waals surface area contributed by atoms with Gasteiger partial charge in [0.1, 0.15) is 0 Å². The number of hydrogen-bond acceptors (Lipinski definition) is 0. The minimum atomic E-state index is 0.656. The van der Waals surface area contributed by atoms with Gasteiger partial charge in [-0.05, 0) is 29.8 Å². The van der Waals surface area contributed by atoms with Crippen molar-refractivity contribution in [2.45, 2.75) is 0 Å². The maximum Gasteiger partial charge on any atom is 0.0493 e. The van der Waals surface area contributed by atoms with E-state index in [1.165, 1.54) is 0 Å². The van der Waals surface area contributed by atoms with Crippen LogP contribution in [0.3, 0.4) is 0 Å². The molecule has 2 rings (SSSR count). The predicted molar refractivity (Wildman–Crippen MR) is 79.5 cm³/mol. The Hall–Kier alpha value is -0.760. The molecular weight excluding hydrogens is 319 g/mol. The summed E-state index contributed by atoms with van der Waals surface area (Å²) in [5.74, 6) is 0. The highest BCUT2D eigenvalue weighted by Gasteiger charge is 2.00. The third kappa shape index (κ3) is 3.35. The lowest BCUT2D eigenvalue weighted by Gasteiger charge is -2.01. The molecule has 0 fully saturated rings. The van der Waals surface area contributed by atoms with Crippen LogP contribution >= 0.6 is 39.1 Å². The smallest absolute Gasteiger partial charge is 0.0493 e. The fraction of sp³-hybridized carbons (Fsp3) is 0. The summed E-state index contributed by atoms with van der Waals surface area (Å²) in [4.78, 5) is 0. The van der Waals surface area contributed by atoms with Gasteiger partial charge in [0.05, 0.1) is 0 Å². The van der Waals surface area contributed by atoms with Crippen LogP contribution in [0.5, 0.6) is 0 Å². The second kappa shape index (κ2) is 5.72. The molecule has 0 bridgehead atoms.